The number of nitrogens with zero attached hydrogens (tertiary/aromatic N) is 5. The third-order valence-electron chi connectivity index (χ3n) is 5.09. The molecular formula is C20H20FN7. The zero-order valence-electron chi connectivity index (χ0n) is 15.5. The average Bonchev–Trinajstić information content (AvgIpc) is 3.22. The van der Waals surface area contributed by atoms with Gasteiger partial charge in [-0.3, -0.25) is 4.40 Å². The third-order valence-corrected chi connectivity index (χ3v) is 5.09. The second kappa shape index (κ2) is 6.72. The van der Waals surface area contributed by atoms with Gasteiger partial charge in [-0.05, 0) is 30.7 Å². The minimum absolute atomic E-state index is 0.313. The largest absolute Gasteiger partial charge is 0.354 e. The first-order valence-electron chi connectivity index (χ1n) is 9.31. The molecule has 0 radical (unpaired) electrons. The Balaban J connectivity index is 1.62. The first kappa shape index (κ1) is 16.9. The van der Waals surface area contributed by atoms with E-state index in [9.17, 15) is 4.39 Å². The van der Waals surface area contributed by atoms with Gasteiger partial charge in [0.1, 0.15) is 29.0 Å². The molecule has 1 aliphatic rings. The van der Waals surface area contributed by atoms with E-state index in [2.05, 4.69) is 20.5 Å². The van der Waals surface area contributed by atoms with Gasteiger partial charge in [0, 0.05) is 26.2 Å². The highest BCUT2D eigenvalue weighted by Gasteiger charge is 2.16. The van der Waals surface area contributed by atoms with E-state index in [1.807, 2.05) is 29.5 Å². The summed E-state index contributed by atoms with van der Waals surface area (Å²) in [6, 6.07) is 8.94. The predicted molar refractivity (Wildman–Crippen MR) is 108 cm³/mol. The quantitative estimate of drug-likeness (QED) is 0.572. The van der Waals surface area contributed by atoms with Gasteiger partial charge in [0.15, 0.2) is 11.5 Å². The Hall–Kier alpha value is -3.26. The molecule has 1 aromatic carbocycles. The van der Waals surface area contributed by atoms with Crippen LogP contribution in [0.2, 0.25) is 0 Å². The summed E-state index contributed by atoms with van der Waals surface area (Å²) >= 11 is 0. The Morgan fingerprint density at radius 2 is 1.96 bits per heavy atom. The molecule has 8 heteroatoms. The number of pyridine rings is 1. The van der Waals surface area contributed by atoms with Crippen LogP contribution in [0.3, 0.4) is 0 Å². The Labute approximate surface area is 161 Å². The molecule has 2 N–H and O–H groups in total. The van der Waals surface area contributed by atoms with Crippen molar-refractivity contribution in [3.63, 3.8) is 0 Å². The molecule has 0 bridgehead atoms. The molecule has 1 saturated heterocycles. The summed E-state index contributed by atoms with van der Waals surface area (Å²) in [5.41, 5.74) is 3.44. The normalized spacial score (nSPS) is 14.7. The fourth-order valence-corrected chi connectivity index (χ4v) is 3.58. The Morgan fingerprint density at radius 3 is 2.79 bits per heavy atom. The molecule has 0 saturated carbocycles. The summed E-state index contributed by atoms with van der Waals surface area (Å²) in [6.45, 7) is 5.60. The zero-order valence-corrected chi connectivity index (χ0v) is 15.5. The highest BCUT2D eigenvalue weighted by molar-refractivity contribution is 5.84. The maximum Gasteiger partial charge on any atom is 0.166 e. The lowest BCUT2D eigenvalue weighted by Crippen LogP contribution is -2.43. The van der Waals surface area contributed by atoms with Gasteiger partial charge >= 0.3 is 0 Å². The standard InChI is InChI=1S/C20H20FN7/c1-13-3-2-4-14(21)18(13)26-19-16-11-23-12-28(16)20-15(24-19)5-6-17(25-20)27-9-7-22-8-10-27/h2-6,11-12,22H,7-10H2,1H3,(H,24,26). The molecule has 4 heterocycles. The van der Waals surface area contributed by atoms with Crippen molar-refractivity contribution in [2.24, 2.45) is 0 Å². The van der Waals surface area contributed by atoms with Crippen molar-refractivity contribution in [2.75, 3.05) is 36.4 Å². The zero-order chi connectivity index (χ0) is 19.1. The second-order valence-electron chi connectivity index (χ2n) is 6.92. The molecule has 0 unspecified atom stereocenters. The Morgan fingerprint density at radius 1 is 1.11 bits per heavy atom. The fraction of sp³-hybridized carbons (Fsp3) is 0.250. The highest BCUT2D eigenvalue weighted by atomic mass is 19.1. The lowest BCUT2D eigenvalue weighted by molar-refractivity contribution is 0.585. The van der Waals surface area contributed by atoms with Gasteiger partial charge in [-0.1, -0.05) is 12.1 Å². The van der Waals surface area contributed by atoms with E-state index in [0.717, 1.165) is 54.2 Å². The molecule has 1 fully saturated rings. The molecule has 0 atom stereocenters. The summed E-state index contributed by atoms with van der Waals surface area (Å²) < 4.78 is 16.2. The topological polar surface area (TPSA) is 70.4 Å². The number of anilines is 3. The van der Waals surface area contributed by atoms with Gasteiger partial charge in [0.25, 0.3) is 0 Å². The lowest BCUT2D eigenvalue weighted by Gasteiger charge is -2.28. The van der Waals surface area contributed by atoms with Crippen molar-refractivity contribution in [1.82, 2.24) is 24.7 Å². The summed E-state index contributed by atoms with van der Waals surface area (Å²) in [6.07, 6.45) is 3.43. The minimum atomic E-state index is -0.313. The highest BCUT2D eigenvalue weighted by Crippen LogP contribution is 2.28. The number of piperazine rings is 1. The van der Waals surface area contributed by atoms with E-state index in [1.165, 1.54) is 6.07 Å². The maximum atomic E-state index is 14.3. The van der Waals surface area contributed by atoms with Crippen LogP contribution in [-0.4, -0.2) is 45.5 Å². The first-order valence-corrected chi connectivity index (χ1v) is 9.31. The molecule has 5 rings (SSSR count). The smallest absolute Gasteiger partial charge is 0.166 e. The average molecular weight is 377 g/mol. The van der Waals surface area contributed by atoms with Crippen LogP contribution in [-0.2, 0) is 0 Å². The lowest BCUT2D eigenvalue weighted by atomic mass is 10.2. The van der Waals surface area contributed by atoms with Gasteiger partial charge < -0.3 is 15.5 Å². The predicted octanol–water partition coefficient (Wildman–Crippen LogP) is 2.88. The van der Waals surface area contributed by atoms with Gasteiger partial charge in [-0.2, -0.15) is 0 Å². The van der Waals surface area contributed by atoms with Crippen LogP contribution in [0.15, 0.2) is 42.9 Å². The van der Waals surface area contributed by atoms with Crippen molar-refractivity contribution in [1.29, 1.82) is 0 Å². The van der Waals surface area contributed by atoms with Crippen molar-refractivity contribution < 1.29 is 4.39 Å². The van der Waals surface area contributed by atoms with Crippen LogP contribution < -0.4 is 15.5 Å². The van der Waals surface area contributed by atoms with Crippen LogP contribution in [0.4, 0.5) is 21.7 Å². The molecule has 0 amide bonds. The van der Waals surface area contributed by atoms with Gasteiger partial charge in [0.05, 0.1) is 11.9 Å². The number of nitrogens with one attached hydrogen (secondary N) is 2. The first-order chi connectivity index (χ1) is 13.7. The molecule has 28 heavy (non-hydrogen) atoms. The van der Waals surface area contributed by atoms with Crippen LogP contribution in [0.25, 0.3) is 16.7 Å². The Bertz CT molecular complexity index is 1140. The number of para-hydroxylation sites is 1. The molecule has 3 aromatic heterocycles. The molecule has 0 spiro atoms. The number of benzene rings is 1. The number of hydrogen-bond acceptors (Lipinski definition) is 6. The van der Waals surface area contributed by atoms with E-state index in [1.54, 1.807) is 18.6 Å². The maximum absolute atomic E-state index is 14.3. The van der Waals surface area contributed by atoms with E-state index >= 15 is 0 Å². The van der Waals surface area contributed by atoms with Crippen molar-refractivity contribution in [2.45, 2.75) is 6.92 Å². The van der Waals surface area contributed by atoms with Crippen LogP contribution >= 0.6 is 0 Å². The van der Waals surface area contributed by atoms with Crippen LogP contribution in [0.5, 0.6) is 0 Å². The number of aryl methyl sites for hydroxylation is 1. The van der Waals surface area contributed by atoms with Crippen molar-refractivity contribution >= 4 is 34.0 Å². The number of fused-ring (bicyclic) bond motifs is 3. The second-order valence-corrected chi connectivity index (χ2v) is 6.92. The minimum Gasteiger partial charge on any atom is -0.354 e. The summed E-state index contributed by atoms with van der Waals surface area (Å²) in [4.78, 5) is 16.1. The summed E-state index contributed by atoms with van der Waals surface area (Å²) in [5, 5.41) is 6.50. The number of halogens is 1. The molecule has 1 aliphatic heterocycles. The number of imidazole rings is 1. The Kier molecular flexibility index (Phi) is 4.05. The SMILES string of the molecule is Cc1cccc(F)c1Nc1nc2ccc(N3CCNCC3)nc2n2cncc12. The number of hydrogen-bond donors (Lipinski definition) is 2. The van der Waals surface area contributed by atoms with E-state index < -0.39 is 0 Å². The van der Waals surface area contributed by atoms with E-state index in [4.69, 9.17) is 9.97 Å². The monoisotopic (exact) mass is 377 g/mol. The van der Waals surface area contributed by atoms with Crippen LogP contribution in [0.1, 0.15) is 5.56 Å². The van der Waals surface area contributed by atoms with Crippen LogP contribution in [0, 0.1) is 12.7 Å². The number of aromatic nitrogens is 4. The van der Waals surface area contributed by atoms with Crippen molar-refractivity contribution in [3.05, 3.63) is 54.2 Å². The molecule has 0 aliphatic carbocycles. The van der Waals surface area contributed by atoms with E-state index in [0.29, 0.717) is 11.5 Å². The molecule has 142 valence electrons. The molecule has 7 nitrogen and oxygen atoms in total. The number of rotatable bonds is 3. The fourth-order valence-electron chi connectivity index (χ4n) is 3.58. The van der Waals surface area contributed by atoms with Gasteiger partial charge in [-0.15, -0.1) is 0 Å². The van der Waals surface area contributed by atoms with Gasteiger partial charge in [0.2, 0.25) is 0 Å². The van der Waals surface area contributed by atoms with Crippen molar-refractivity contribution in [3.8, 4) is 0 Å². The third kappa shape index (κ3) is 2.82. The summed E-state index contributed by atoms with van der Waals surface area (Å²) in [7, 11) is 0. The van der Waals surface area contributed by atoms with Gasteiger partial charge in [-0.25, -0.2) is 19.3 Å². The molecular weight excluding hydrogens is 357 g/mol. The van der Waals surface area contributed by atoms with E-state index in [-0.39, 0.29) is 5.82 Å². The molecule has 4 aromatic rings. The summed E-state index contributed by atoms with van der Waals surface area (Å²) in [5.74, 6) is 1.16.